The standard InChI is InChI=1S/C35H36N2O3/c1-23-16-18-37(21-23)24(2)22-39-30-13-10-26(11-14-30)35-34(25(3)31-20-29(38)12-15-33(31)40-35)28-8-6-7-27(19-28)32-9-4-5-17-36-32/h4-15,17,19-20,23-24,35,38H,16,18,21-22H2,1-3H3/t23-,24+,35?/m1/s1. The van der Waals surface area contributed by atoms with Gasteiger partial charge in [0.1, 0.15) is 30.0 Å². The summed E-state index contributed by atoms with van der Waals surface area (Å²) < 4.78 is 12.8. The van der Waals surface area contributed by atoms with Crippen molar-refractivity contribution >= 4 is 11.1 Å². The highest BCUT2D eigenvalue weighted by molar-refractivity contribution is 5.96. The summed E-state index contributed by atoms with van der Waals surface area (Å²) in [5, 5.41) is 10.2. The van der Waals surface area contributed by atoms with Crippen LogP contribution in [0.25, 0.3) is 22.4 Å². The molecule has 0 saturated carbocycles. The molecule has 5 nitrogen and oxygen atoms in total. The van der Waals surface area contributed by atoms with Gasteiger partial charge in [0.05, 0.1) is 5.69 Å². The van der Waals surface area contributed by atoms with Gasteiger partial charge in [0, 0.05) is 35.5 Å². The highest BCUT2D eigenvalue weighted by Crippen LogP contribution is 2.47. The van der Waals surface area contributed by atoms with E-state index < -0.39 is 0 Å². The van der Waals surface area contributed by atoms with Gasteiger partial charge in [-0.3, -0.25) is 9.88 Å². The van der Waals surface area contributed by atoms with E-state index in [9.17, 15) is 5.11 Å². The van der Waals surface area contributed by atoms with Crippen molar-refractivity contribution < 1.29 is 14.6 Å². The summed E-state index contributed by atoms with van der Waals surface area (Å²) >= 11 is 0. The predicted octanol–water partition coefficient (Wildman–Crippen LogP) is 7.63. The Morgan fingerprint density at radius 3 is 2.58 bits per heavy atom. The molecule has 3 aromatic carbocycles. The fourth-order valence-corrected chi connectivity index (χ4v) is 5.85. The van der Waals surface area contributed by atoms with Crippen LogP contribution in [0.4, 0.5) is 0 Å². The third kappa shape index (κ3) is 5.34. The van der Waals surface area contributed by atoms with Gasteiger partial charge >= 0.3 is 0 Å². The zero-order valence-electron chi connectivity index (χ0n) is 23.4. The van der Waals surface area contributed by atoms with Crippen LogP contribution < -0.4 is 9.47 Å². The lowest BCUT2D eigenvalue weighted by atomic mass is 9.85. The van der Waals surface area contributed by atoms with Gasteiger partial charge in [0.2, 0.25) is 0 Å². The third-order valence-electron chi connectivity index (χ3n) is 8.17. The molecule has 1 unspecified atom stereocenters. The van der Waals surface area contributed by atoms with E-state index in [1.807, 2.05) is 42.6 Å². The fourth-order valence-electron chi connectivity index (χ4n) is 5.85. The van der Waals surface area contributed by atoms with Crippen LogP contribution in [-0.4, -0.2) is 40.7 Å². The summed E-state index contributed by atoms with van der Waals surface area (Å²) in [6.45, 7) is 9.65. The van der Waals surface area contributed by atoms with Gasteiger partial charge in [0.15, 0.2) is 0 Å². The van der Waals surface area contributed by atoms with E-state index in [-0.39, 0.29) is 11.9 Å². The van der Waals surface area contributed by atoms with Gasteiger partial charge in [-0.15, -0.1) is 0 Å². The van der Waals surface area contributed by atoms with Crippen LogP contribution in [0.5, 0.6) is 17.2 Å². The Balaban J connectivity index is 1.31. The Labute approximate surface area is 236 Å². The number of phenolic OH excluding ortho intramolecular Hbond substituents is 1. The van der Waals surface area contributed by atoms with Crippen LogP contribution in [0.3, 0.4) is 0 Å². The molecule has 2 aliphatic heterocycles. The number of allylic oxidation sites excluding steroid dienone is 1. The summed E-state index contributed by atoms with van der Waals surface area (Å²) in [7, 11) is 0. The average molecular weight is 533 g/mol. The molecular formula is C35H36N2O3. The molecule has 4 aromatic rings. The predicted molar refractivity (Wildman–Crippen MR) is 160 cm³/mol. The molecule has 0 aliphatic carbocycles. The van der Waals surface area contributed by atoms with Gasteiger partial charge in [-0.1, -0.05) is 43.3 Å². The number of hydrogen-bond donors (Lipinski definition) is 1. The zero-order chi connectivity index (χ0) is 27.6. The number of benzene rings is 3. The van der Waals surface area contributed by atoms with Gasteiger partial charge in [-0.05, 0) is 98.0 Å². The van der Waals surface area contributed by atoms with E-state index in [1.54, 1.807) is 12.1 Å². The van der Waals surface area contributed by atoms with E-state index in [1.165, 1.54) is 6.42 Å². The number of pyridine rings is 1. The molecule has 2 aliphatic rings. The van der Waals surface area contributed by atoms with E-state index in [2.05, 4.69) is 67.1 Å². The largest absolute Gasteiger partial charge is 0.508 e. The quantitative estimate of drug-likeness (QED) is 0.265. The first-order valence-electron chi connectivity index (χ1n) is 14.2. The normalized spacial score (nSPS) is 19.7. The van der Waals surface area contributed by atoms with Crippen molar-refractivity contribution in [3.05, 3.63) is 108 Å². The Morgan fingerprint density at radius 2 is 1.82 bits per heavy atom. The number of fused-ring (bicyclic) bond motifs is 1. The van der Waals surface area contributed by atoms with E-state index in [0.29, 0.717) is 12.6 Å². The smallest absolute Gasteiger partial charge is 0.150 e. The maximum atomic E-state index is 10.2. The number of ether oxygens (including phenoxy) is 2. The van der Waals surface area contributed by atoms with Gasteiger partial charge in [0.25, 0.3) is 0 Å². The van der Waals surface area contributed by atoms with Crippen LogP contribution in [0.15, 0.2) is 91.1 Å². The third-order valence-corrected chi connectivity index (χ3v) is 8.17. The Morgan fingerprint density at radius 1 is 1.00 bits per heavy atom. The second-order valence-electron chi connectivity index (χ2n) is 11.1. The van der Waals surface area contributed by atoms with E-state index >= 15 is 0 Å². The number of aromatic nitrogens is 1. The van der Waals surface area contributed by atoms with Crippen molar-refractivity contribution in [3.8, 4) is 28.5 Å². The molecule has 204 valence electrons. The zero-order valence-corrected chi connectivity index (χ0v) is 23.4. The van der Waals surface area contributed by atoms with Crippen molar-refractivity contribution in [2.45, 2.75) is 39.3 Å². The second kappa shape index (κ2) is 11.2. The molecule has 0 spiro atoms. The van der Waals surface area contributed by atoms with Crippen molar-refractivity contribution in [3.63, 3.8) is 0 Å². The highest BCUT2D eigenvalue weighted by Gasteiger charge is 2.30. The summed E-state index contributed by atoms with van der Waals surface area (Å²) in [5.74, 6) is 2.62. The molecule has 1 aromatic heterocycles. The minimum absolute atomic E-state index is 0.223. The Hall–Kier alpha value is -4.09. The first kappa shape index (κ1) is 26.1. The number of rotatable bonds is 7. The molecule has 3 heterocycles. The van der Waals surface area contributed by atoms with Crippen molar-refractivity contribution in [2.75, 3.05) is 19.7 Å². The molecule has 0 bridgehead atoms. The molecule has 1 N–H and O–H groups in total. The van der Waals surface area contributed by atoms with Gasteiger partial charge < -0.3 is 14.6 Å². The average Bonchev–Trinajstić information content (AvgIpc) is 3.43. The summed E-state index contributed by atoms with van der Waals surface area (Å²) in [6.07, 6.45) is 2.77. The lowest BCUT2D eigenvalue weighted by molar-refractivity contribution is 0.169. The molecule has 0 amide bonds. The highest BCUT2D eigenvalue weighted by atomic mass is 16.5. The number of likely N-dealkylation sites (tertiary alicyclic amines) is 1. The number of aromatic hydroxyl groups is 1. The van der Waals surface area contributed by atoms with Crippen LogP contribution >= 0.6 is 0 Å². The maximum Gasteiger partial charge on any atom is 0.150 e. The topological polar surface area (TPSA) is 54.8 Å². The van der Waals surface area contributed by atoms with Gasteiger partial charge in [-0.2, -0.15) is 0 Å². The lowest BCUT2D eigenvalue weighted by Gasteiger charge is -2.31. The molecular weight excluding hydrogens is 496 g/mol. The Bertz CT molecular complexity index is 1510. The molecule has 1 saturated heterocycles. The van der Waals surface area contributed by atoms with E-state index in [0.717, 1.165) is 69.6 Å². The molecule has 6 rings (SSSR count). The van der Waals surface area contributed by atoms with Crippen molar-refractivity contribution in [2.24, 2.45) is 5.92 Å². The Kier molecular flexibility index (Phi) is 7.31. The van der Waals surface area contributed by atoms with Crippen LogP contribution in [0.1, 0.15) is 50.0 Å². The van der Waals surface area contributed by atoms with E-state index in [4.69, 9.17) is 9.47 Å². The minimum Gasteiger partial charge on any atom is -0.508 e. The first-order valence-corrected chi connectivity index (χ1v) is 14.2. The monoisotopic (exact) mass is 532 g/mol. The number of phenols is 1. The van der Waals surface area contributed by atoms with Gasteiger partial charge in [-0.25, -0.2) is 0 Å². The van der Waals surface area contributed by atoms with Crippen LogP contribution in [0, 0.1) is 5.92 Å². The fraction of sp³-hybridized carbons (Fsp3) is 0.286. The summed E-state index contributed by atoms with van der Waals surface area (Å²) in [4.78, 5) is 7.07. The van der Waals surface area contributed by atoms with Crippen molar-refractivity contribution in [1.82, 2.24) is 9.88 Å². The number of hydrogen-bond acceptors (Lipinski definition) is 5. The summed E-state index contributed by atoms with van der Waals surface area (Å²) in [5.41, 5.74) is 7.13. The molecule has 0 radical (unpaired) electrons. The summed E-state index contributed by atoms with van der Waals surface area (Å²) in [6, 6.07) is 28.4. The SMILES string of the molecule is CC1=C(c2cccc(-c3ccccn3)c2)C(c2ccc(OC[C@H](C)N3CC[C@@H](C)C3)cc2)Oc2ccc(O)cc21. The molecule has 5 heteroatoms. The second-order valence-corrected chi connectivity index (χ2v) is 11.1. The first-order chi connectivity index (χ1) is 19.5. The molecule has 3 atom stereocenters. The number of nitrogens with zero attached hydrogens (tertiary/aromatic N) is 2. The van der Waals surface area contributed by atoms with Crippen LogP contribution in [-0.2, 0) is 0 Å². The van der Waals surface area contributed by atoms with Crippen LogP contribution in [0.2, 0.25) is 0 Å². The lowest BCUT2D eigenvalue weighted by Crippen LogP contribution is -2.35. The minimum atomic E-state index is -0.310. The molecule has 1 fully saturated rings. The molecule has 40 heavy (non-hydrogen) atoms. The van der Waals surface area contributed by atoms with Crippen molar-refractivity contribution in [1.29, 1.82) is 0 Å². The maximum absolute atomic E-state index is 10.2.